The minimum Gasteiger partial charge on any atom is -0.494 e. The van der Waals surface area contributed by atoms with E-state index in [2.05, 4.69) is 17.4 Å². The molecule has 0 saturated carbocycles. The minimum atomic E-state index is -3.54. The molecule has 174 valence electrons. The fourth-order valence-electron chi connectivity index (χ4n) is 3.82. The summed E-state index contributed by atoms with van der Waals surface area (Å²) in [6, 6.07) is 15.0. The van der Waals surface area contributed by atoms with E-state index in [0.29, 0.717) is 37.1 Å². The fraction of sp³-hybridized carbons (Fsp3) is 0.333. The number of sulfonamides is 1. The normalized spacial score (nSPS) is 17.0. The van der Waals surface area contributed by atoms with Gasteiger partial charge in [-0.15, -0.1) is 0 Å². The lowest BCUT2D eigenvalue weighted by Crippen LogP contribution is -2.39. The molecule has 3 aromatic rings. The van der Waals surface area contributed by atoms with Crippen LogP contribution >= 0.6 is 0 Å². The lowest BCUT2D eigenvalue weighted by atomic mass is 10.0. The summed E-state index contributed by atoms with van der Waals surface area (Å²) in [6.07, 6.45) is 1.91. The van der Waals surface area contributed by atoms with Gasteiger partial charge in [-0.25, -0.2) is 8.42 Å². The second kappa shape index (κ2) is 9.76. The Hall–Kier alpha value is -3.17. The molecular formula is C24H27N3O5S. The van der Waals surface area contributed by atoms with Crippen LogP contribution in [0.2, 0.25) is 0 Å². The van der Waals surface area contributed by atoms with E-state index < -0.39 is 15.9 Å². The summed E-state index contributed by atoms with van der Waals surface area (Å²) in [5, 5.41) is 6.58. The third kappa shape index (κ3) is 5.26. The summed E-state index contributed by atoms with van der Waals surface area (Å²) in [5.41, 5.74) is 1.36. The number of rotatable bonds is 7. The van der Waals surface area contributed by atoms with E-state index >= 15 is 0 Å². The molecule has 1 N–H and O–H groups in total. The van der Waals surface area contributed by atoms with Gasteiger partial charge in [0.05, 0.1) is 11.5 Å². The number of ether oxygens (including phenoxy) is 1. The number of carbonyl (C=O) groups is 1. The van der Waals surface area contributed by atoms with Crippen molar-refractivity contribution in [3.05, 3.63) is 60.3 Å². The lowest BCUT2D eigenvalue weighted by molar-refractivity contribution is 0.101. The molecule has 4 rings (SSSR count). The van der Waals surface area contributed by atoms with Gasteiger partial charge in [-0.3, -0.25) is 4.79 Å². The number of carbonyl (C=O) groups excluding carboxylic acids is 1. The van der Waals surface area contributed by atoms with Crippen molar-refractivity contribution in [2.45, 2.75) is 31.6 Å². The number of anilines is 1. The van der Waals surface area contributed by atoms with Gasteiger partial charge in [0.25, 0.3) is 5.91 Å². The SMILES string of the molecule is CCOc1ccc(-c2cc(C(=O)Nc3ccc(S(=O)(=O)N4CCC[C@@H](C)C4)cc3)no2)cc1. The molecule has 0 aliphatic carbocycles. The van der Waals surface area contributed by atoms with Crippen LogP contribution in [0.15, 0.2) is 64.0 Å². The van der Waals surface area contributed by atoms with Crippen molar-refractivity contribution in [3.8, 4) is 17.1 Å². The van der Waals surface area contributed by atoms with Crippen LogP contribution in [0.4, 0.5) is 5.69 Å². The van der Waals surface area contributed by atoms with Crippen molar-refractivity contribution >= 4 is 21.6 Å². The Balaban J connectivity index is 1.42. The second-order valence-corrected chi connectivity index (χ2v) is 10.1. The summed E-state index contributed by atoms with van der Waals surface area (Å²) >= 11 is 0. The molecule has 9 heteroatoms. The van der Waals surface area contributed by atoms with Crippen molar-refractivity contribution in [1.82, 2.24) is 9.46 Å². The molecule has 2 aromatic carbocycles. The van der Waals surface area contributed by atoms with Gasteiger partial charge in [0.2, 0.25) is 10.0 Å². The number of piperidine rings is 1. The molecule has 0 spiro atoms. The maximum Gasteiger partial charge on any atom is 0.277 e. The van der Waals surface area contributed by atoms with Crippen LogP contribution in [0.25, 0.3) is 11.3 Å². The lowest BCUT2D eigenvalue weighted by Gasteiger charge is -2.30. The van der Waals surface area contributed by atoms with Gasteiger partial charge in [0.1, 0.15) is 5.75 Å². The summed E-state index contributed by atoms with van der Waals surface area (Å²) in [4.78, 5) is 12.8. The van der Waals surface area contributed by atoms with Crippen LogP contribution in [0, 0.1) is 5.92 Å². The van der Waals surface area contributed by atoms with Gasteiger partial charge in [-0.1, -0.05) is 12.1 Å². The number of hydrogen-bond acceptors (Lipinski definition) is 6. The van der Waals surface area contributed by atoms with Crippen molar-refractivity contribution in [3.63, 3.8) is 0 Å². The summed E-state index contributed by atoms with van der Waals surface area (Å²) < 4.78 is 38.1. The molecule has 1 aromatic heterocycles. The van der Waals surface area contributed by atoms with Gasteiger partial charge in [-0.2, -0.15) is 4.31 Å². The first-order chi connectivity index (χ1) is 15.9. The largest absolute Gasteiger partial charge is 0.494 e. The van der Waals surface area contributed by atoms with Gasteiger partial charge in [-0.05, 0) is 74.2 Å². The Morgan fingerprint density at radius 2 is 1.91 bits per heavy atom. The maximum absolute atomic E-state index is 12.9. The van der Waals surface area contributed by atoms with Crippen LogP contribution < -0.4 is 10.1 Å². The molecule has 1 atom stereocenters. The zero-order valence-electron chi connectivity index (χ0n) is 18.7. The third-order valence-corrected chi connectivity index (χ3v) is 7.44. The van der Waals surface area contributed by atoms with Gasteiger partial charge in [0.15, 0.2) is 11.5 Å². The molecule has 0 bridgehead atoms. The first-order valence-electron chi connectivity index (χ1n) is 11.0. The Bertz CT molecular complexity index is 1200. The van der Waals surface area contributed by atoms with Crippen molar-refractivity contribution in [1.29, 1.82) is 0 Å². The molecule has 1 aliphatic rings. The van der Waals surface area contributed by atoms with E-state index in [0.717, 1.165) is 24.2 Å². The maximum atomic E-state index is 12.9. The number of nitrogens with one attached hydrogen (secondary N) is 1. The first-order valence-corrected chi connectivity index (χ1v) is 12.4. The molecule has 8 nitrogen and oxygen atoms in total. The molecular weight excluding hydrogens is 442 g/mol. The average Bonchev–Trinajstić information content (AvgIpc) is 3.31. The quantitative estimate of drug-likeness (QED) is 0.550. The standard InChI is InChI=1S/C24H27N3O5S/c1-3-31-20-10-6-18(7-11-20)23-15-22(26-32-23)24(28)25-19-8-12-21(13-9-19)33(29,30)27-14-4-5-17(2)16-27/h6-13,15,17H,3-5,14,16H2,1-2H3,(H,25,28)/t17-/m1/s1. The van der Waals surface area contributed by atoms with Gasteiger partial charge in [0, 0.05) is 30.4 Å². The Morgan fingerprint density at radius 3 is 2.58 bits per heavy atom. The summed E-state index contributed by atoms with van der Waals surface area (Å²) in [5.74, 6) is 1.11. The topological polar surface area (TPSA) is 102 Å². The monoisotopic (exact) mass is 469 g/mol. The minimum absolute atomic E-state index is 0.123. The van der Waals surface area contributed by atoms with Gasteiger partial charge < -0.3 is 14.6 Å². The number of nitrogens with zero attached hydrogens (tertiary/aromatic N) is 2. The second-order valence-electron chi connectivity index (χ2n) is 8.12. The molecule has 0 unspecified atom stereocenters. The van der Waals surface area contributed by atoms with Crippen LogP contribution in [-0.2, 0) is 10.0 Å². The van der Waals surface area contributed by atoms with Crippen molar-refractivity contribution in [2.75, 3.05) is 25.0 Å². The van der Waals surface area contributed by atoms with E-state index in [1.54, 1.807) is 18.2 Å². The fourth-order valence-corrected chi connectivity index (χ4v) is 5.42. The highest BCUT2D eigenvalue weighted by molar-refractivity contribution is 7.89. The Morgan fingerprint density at radius 1 is 1.18 bits per heavy atom. The number of aromatic nitrogens is 1. The van der Waals surface area contributed by atoms with Crippen LogP contribution in [0.5, 0.6) is 5.75 Å². The predicted molar refractivity (Wildman–Crippen MR) is 125 cm³/mol. The predicted octanol–water partition coefficient (Wildman–Crippen LogP) is 4.41. The zero-order chi connectivity index (χ0) is 23.4. The van der Waals surface area contributed by atoms with Gasteiger partial charge >= 0.3 is 0 Å². The van der Waals surface area contributed by atoms with E-state index in [4.69, 9.17) is 9.26 Å². The third-order valence-electron chi connectivity index (χ3n) is 5.56. The van der Waals surface area contributed by atoms with Crippen LogP contribution in [0.1, 0.15) is 37.2 Å². The van der Waals surface area contributed by atoms with Crippen LogP contribution in [0.3, 0.4) is 0 Å². The molecule has 1 amide bonds. The van der Waals surface area contributed by atoms with E-state index in [1.807, 2.05) is 31.2 Å². The number of benzene rings is 2. The highest BCUT2D eigenvalue weighted by Crippen LogP contribution is 2.26. The smallest absolute Gasteiger partial charge is 0.277 e. The Labute approximate surface area is 193 Å². The van der Waals surface area contributed by atoms with E-state index in [1.165, 1.54) is 16.4 Å². The average molecular weight is 470 g/mol. The number of amides is 1. The molecule has 0 radical (unpaired) electrons. The molecule has 1 aliphatic heterocycles. The van der Waals surface area contributed by atoms with Crippen molar-refractivity contribution in [2.24, 2.45) is 5.92 Å². The number of hydrogen-bond donors (Lipinski definition) is 1. The summed E-state index contributed by atoms with van der Waals surface area (Å²) in [7, 11) is -3.54. The highest BCUT2D eigenvalue weighted by Gasteiger charge is 2.28. The molecule has 1 fully saturated rings. The molecule has 1 saturated heterocycles. The summed E-state index contributed by atoms with van der Waals surface area (Å²) in [6.45, 7) is 5.62. The molecule has 33 heavy (non-hydrogen) atoms. The molecule has 2 heterocycles. The van der Waals surface area contributed by atoms with E-state index in [-0.39, 0.29) is 10.6 Å². The zero-order valence-corrected chi connectivity index (χ0v) is 19.5. The van der Waals surface area contributed by atoms with Crippen molar-refractivity contribution < 1.29 is 22.5 Å². The van der Waals surface area contributed by atoms with Crippen LogP contribution in [-0.4, -0.2) is 43.5 Å². The highest BCUT2D eigenvalue weighted by atomic mass is 32.2. The van der Waals surface area contributed by atoms with E-state index in [9.17, 15) is 13.2 Å². The Kier molecular flexibility index (Phi) is 6.80. The first kappa shape index (κ1) is 23.0.